The maximum Gasteiger partial charge on any atom is 0.263 e. The van der Waals surface area contributed by atoms with Crippen molar-refractivity contribution < 1.29 is 17.9 Å². The summed E-state index contributed by atoms with van der Waals surface area (Å²) >= 11 is 7.38. The number of nitrogens with one attached hydrogen (secondary N) is 1. The van der Waals surface area contributed by atoms with Gasteiger partial charge in [-0.3, -0.25) is 4.72 Å². The minimum atomic E-state index is -4.00. The maximum atomic E-state index is 13.1. The fourth-order valence-corrected chi connectivity index (χ4v) is 5.66. The number of rotatable bonds is 6. The number of aromatic nitrogens is 3. The van der Waals surface area contributed by atoms with Crippen LogP contribution in [0.3, 0.4) is 0 Å². The van der Waals surface area contributed by atoms with Gasteiger partial charge in [0, 0.05) is 12.1 Å². The number of nitrogens with zero attached hydrogens (tertiary/aromatic N) is 4. The van der Waals surface area contributed by atoms with Crippen LogP contribution >= 0.6 is 22.9 Å². The van der Waals surface area contributed by atoms with E-state index in [1.165, 1.54) is 17.4 Å². The van der Waals surface area contributed by atoms with Crippen LogP contribution in [0.4, 0.5) is 11.5 Å². The smallest absolute Gasteiger partial charge is 0.263 e. The Bertz CT molecular complexity index is 1490. The molecule has 0 spiro atoms. The molecule has 2 aromatic carbocycles. The second kappa shape index (κ2) is 8.90. The van der Waals surface area contributed by atoms with E-state index in [0.29, 0.717) is 27.7 Å². The van der Waals surface area contributed by atoms with Crippen molar-refractivity contribution in [1.82, 2.24) is 15.0 Å². The van der Waals surface area contributed by atoms with Crippen LogP contribution < -0.4 is 19.1 Å². The van der Waals surface area contributed by atoms with Crippen molar-refractivity contribution in [3.8, 4) is 11.6 Å². The molecule has 0 fully saturated rings. The molecule has 4 aromatic rings. The summed E-state index contributed by atoms with van der Waals surface area (Å²) in [4.78, 5) is 15.6. The predicted molar refractivity (Wildman–Crippen MR) is 132 cm³/mol. The Morgan fingerprint density at radius 2 is 2.12 bits per heavy atom. The lowest BCUT2D eigenvalue weighted by Crippen LogP contribution is -2.28. The van der Waals surface area contributed by atoms with Gasteiger partial charge in [-0.05, 0) is 42.3 Å². The second-order valence-corrected chi connectivity index (χ2v) is 10.6. The average molecular weight is 518 g/mol. The summed E-state index contributed by atoms with van der Waals surface area (Å²) < 4.78 is 40.5. The van der Waals surface area contributed by atoms with Gasteiger partial charge in [-0.15, -0.1) is 11.3 Å². The molecule has 1 aliphatic rings. The third-order valence-electron chi connectivity index (χ3n) is 5.39. The molecule has 0 radical (unpaired) electrons. The molecule has 0 bridgehead atoms. The summed E-state index contributed by atoms with van der Waals surface area (Å²) in [6.07, 6.45) is 0. The molecule has 0 unspecified atom stereocenters. The third-order valence-corrected chi connectivity index (χ3v) is 7.99. The van der Waals surface area contributed by atoms with Crippen LogP contribution in [0, 0.1) is 6.92 Å². The largest absolute Gasteiger partial charge is 0.490 e. The molecule has 1 N–H and O–H groups in total. The fraction of sp³-hybridized carbons (Fsp3) is 0.227. The summed E-state index contributed by atoms with van der Waals surface area (Å²) in [5, 5.41) is 0.351. The molecule has 0 saturated heterocycles. The normalized spacial score (nSPS) is 13.4. The molecule has 5 rings (SSSR count). The zero-order chi connectivity index (χ0) is 23.9. The van der Waals surface area contributed by atoms with E-state index in [1.54, 1.807) is 24.6 Å². The Hall–Kier alpha value is -3.15. The molecule has 2 aromatic heterocycles. The van der Waals surface area contributed by atoms with E-state index in [4.69, 9.17) is 21.1 Å². The molecule has 3 heterocycles. The van der Waals surface area contributed by atoms with Crippen molar-refractivity contribution in [3.63, 3.8) is 0 Å². The van der Waals surface area contributed by atoms with Crippen molar-refractivity contribution in [3.05, 3.63) is 58.1 Å². The first-order chi connectivity index (χ1) is 16.3. The highest BCUT2D eigenvalue weighted by molar-refractivity contribution is 7.92. The van der Waals surface area contributed by atoms with E-state index in [0.717, 1.165) is 23.5 Å². The molecule has 0 atom stereocenters. The molecule has 12 heteroatoms. The Labute approximate surface area is 205 Å². The van der Waals surface area contributed by atoms with Crippen molar-refractivity contribution >= 4 is 54.9 Å². The zero-order valence-electron chi connectivity index (χ0n) is 18.3. The Morgan fingerprint density at radius 3 is 2.97 bits per heavy atom. The number of halogens is 1. The van der Waals surface area contributed by atoms with Crippen molar-refractivity contribution in [2.45, 2.75) is 18.4 Å². The second-order valence-electron chi connectivity index (χ2n) is 7.69. The summed E-state index contributed by atoms with van der Waals surface area (Å²) in [6.45, 7) is 3.20. The van der Waals surface area contributed by atoms with Gasteiger partial charge in [0.25, 0.3) is 15.9 Å². The summed E-state index contributed by atoms with van der Waals surface area (Å²) in [6, 6.07) is 10.5. The Kier molecular flexibility index (Phi) is 5.92. The molecule has 9 nitrogen and oxygen atoms in total. The predicted octanol–water partition coefficient (Wildman–Crippen LogP) is 4.26. The summed E-state index contributed by atoms with van der Waals surface area (Å²) in [7, 11) is -1.99. The molecule has 0 saturated carbocycles. The van der Waals surface area contributed by atoms with Crippen LogP contribution in [-0.2, 0) is 16.6 Å². The topological polar surface area (TPSA) is 107 Å². The first-order valence-corrected chi connectivity index (χ1v) is 13.0. The van der Waals surface area contributed by atoms with Gasteiger partial charge < -0.3 is 14.4 Å². The molecule has 0 amide bonds. The standard InChI is InChI=1S/C22H20ClN5O4S2/c1-13-15(23)4-3-5-18(13)34(29,30)27-19-21(25-20-22(26-19)33-12-24-20)32-11-14-6-7-16-17(10-14)31-9-8-28(16)2/h3-7,10,12H,8-9,11H2,1-2H3,(H,26,27). The molecule has 0 aliphatic carbocycles. The van der Waals surface area contributed by atoms with Crippen LogP contribution in [-0.4, -0.2) is 43.6 Å². The van der Waals surface area contributed by atoms with Crippen molar-refractivity contribution in [1.29, 1.82) is 0 Å². The number of benzene rings is 2. The highest BCUT2D eigenvalue weighted by Crippen LogP contribution is 2.33. The fourth-order valence-electron chi connectivity index (χ4n) is 3.56. The van der Waals surface area contributed by atoms with Gasteiger partial charge in [-0.1, -0.05) is 23.7 Å². The highest BCUT2D eigenvalue weighted by Gasteiger charge is 2.23. The Morgan fingerprint density at radius 1 is 1.26 bits per heavy atom. The molecule has 34 heavy (non-hydrogen) atoms. The van der Waals surface area contributed by atoms with Crippen LogP contribution in [0.25, 0.3) is 10.5 Å². The van der Waals surface area contributed by atoms with E-state index in [1.807, 2.05) is 25.2 Å². The number of anilines is 2. The monoisotopic (exact) mass is 517 g/mol. The molecule has 176 valence electrons. The van der Waals surface area contributed by atoms with Gasteiger partial charge in [-0.25, -0.2) is 18.4 Å². The van der Waals surface area contributed by atoms with Gasteiger partial charge in [0.15, 0.2) is 10.5 Å². The first kappa shape index (κ1) is 22.6. The number of likely N-dealkylation sites (N-methyl/N-ethyl adjacent to an activating group) is 1. The quantitative estimate of drug-likeness (QED) is 0.404. The number of ether oxygens (including phenoxy) is 2. The van der Waals surface area contributed by atoms with E-state index in [2.05, 4.69) is 24.6 Å². The zero-order valence-corrected chi connectivity index (χ0v) is 20.7. The molecular formula is C22H20ClN5O4S2. The van der Waals surface area contributed by atoms with E-state index >= 15 is 0 Å². The number of thiazole rings is 1. The van der Waals surface area contributed by atoms with E-state index in [-0.39, 0.29) is 23.2 Å². The number of hydrogen-bond donors (Lipinski definition) is 1. The van der Waals surface area contributed by atoms with Crippen LogP contribution in [0.1, 0.15) is 11.1 Å². The average Bonchev–Trinajstić information content (AvgIpc) is 3.26. The van der Waals surface area contributed by atoms with E-state index < -0.39 is 10.0 Å². The lowest BCUT2D eigenvalue weighted by atomic mass is 10.1. The summed E-state index contributed by atoms with van der Waals surface area (Å²) in [5.41, 5.74) is 4.24. The maximum absolute atomic E-state index is 13.1. The third kappa shape index (κ3) is 4.33. The SMILES string of the molecule is Cc1c(Cl)cccc1S(=O)(=O)Nc1nc2scnc2nc1OCc1ccc2c(c1)OCCN2C. The first-order valence-electron chi connectivity index (χ1n) is 10.3. The van der Waals surface area contributed by atoms with Crippen LogP contribution in [0.15, 0.2) is 46.8 Å². The minimum Gasteiger partial charge on any atom is -0.490 e. The summed E-state index contributed by atoms with van der Waals surface area (Å²) in [5.74, 6) is 0.774. The van der Waals surface area contributed by atoms with Gasteiger partial charge in [0.2, 0.25) is 5.82 Å². The molecule has 1 aliphatic heterocycles. The van der Waals surface area contributed by atoms with Crippen molar-refractivity contribution in [2.75, 3.05) is 29.8 Å². The van der Waals surface area contributed by atoms with Crippen LogP contribution in [0.5, 0.6) is 11.6 Å². The molecular weight excluding hydrogens is 498 g/mol. The van der Waals surface area contributed by atoms with Gasteiger partial charge in [-0.2, -0.15) is 4.98 Å². The lowest BCUT2D eigenvalue weighted by Gasteiger charge is -2.27. The van der Waals surface area contributed by atoms with Crippen LogP contribution in [0.2, 0.25) is 5.02 Å². The van der Waals surface area contributed by atoms with Gasteiger partial charge in [0.05, 0.1) is 22.6 Å². The van der Waals surface area contributed by atoms with Crippen molar-refractivity contribution in [2.24, 2.45) is 0 Å². The van der Waals surface area contributed by atoms with Gasteiger partial charge >= 0.3 is 0 Å². The highest BCUT2D eigenvalue weighted by atomic mass is 35.5. The van der Waals surface area contributed by atoms with Gasteiger partial charge in [0.1, 0.15) is 19.0 Å². The minimum absolute atomic E-state index is 0.0231. The number of hydrogen-bond acceptors (Lipinski definition) is 9. The Balaban J connectivity index is 1.45. The van der Waals surface area contributed by atoms with E-state index in [9.17, 15) is 8.42 Å². The number of sulfonamides is 1. The number of fused-ring (bicyclic) bond motifs is 2. The lowest BCUT2D eigenvalue weighted by molar-refractivity contribution is 0.290.